The zero-order valence-corrected chi connectivity index (χ0v) is 12.2. The maximum absolute atomic E-state index is 13.2. The highest BCUT2D eigenvalue weighted by molar-refractivity contribution is 5.55. The fraction of sp³-hybridized carbons (Fsp3) is 0.375. The average Bonchev–Trinajstić information content (AvgIpc) is 2.42. The second-order valence-corrected chi connectivity index (χ2v) is 5.40. The Kier molecular flexibility index (Phi) is 4.79. The van der Waals surface area contributed by atoms with Crippen molar-refractivity contribution in [3.8, 4) is 11.4 Å². The molecule has 2 aromatic rings. The lowest BCUT2D eigenvalue weighted by Gasteiger charge is -2.07. The van der Waals surface area contributed by atoms with E-state index in [0.29, 0.717) is 17.3 Å². The summed E-state index contributed by atoms with van der Waals surface area (Å²) in [6.45, 7) is 7.82. The molecule has 0 saturated carbocycles. The van der Waals surface area contributed by atoms with Gasteiger partial charge in [0.2, 0.25) is 0 Å². The van der Waals surface area contributed by atoms with Gasteiger partial charge in [-0.2, -0.15) is 0 Å². The smallest absolute Gasteiger partial charge is 0.159 e. The Hall–Kier alpha value is -1.81. The van der Waals surface area contributed by atoms with Gasteiger partial charge in [-0.3, -0.25) is 0 Å². The van der Waals surface area contributed by atoms with Gasteiger partial charge >= 0.3 is 0 Å². The summed E-state index contributed by atoms with van der Waals surface area (Å²) >= 11 is 0. The first-order valence-corrected chi connectivity index (χ1v) is 6.84. The molecule has 0 amide bonds. The molecule has 0 atom stereocenters. The number of nitrogens with zero attached hydrogens (tertiary/aromatic N) is 2. The molecule has 0 unspecified atom stereocenters. The van der Waals surface area contributed by atoms with Crippen molar-refractivity contribution in [2.24, 2.45) is 5.92 Å². The van der Waals surface area contributed by atoms with Crippen LogP contribution in [0.15, 0.2) is 30.6 Å². The van der Waals surface area contributed by atoms with E-state index < -0.39 is 0 Å². The molecule has 0 aliphatic carbocycles. The minimum Gasteiger partial charge on any atom is -0.312 e. The minimum atomic E-state index is -0.205. The summed E-state index contributed by atoms with van der Waals surface area (Å²) in [5.74, 6) is 1.04. The number of benzene rings is 1. The van der Waals surface area contributed by atoms with Crippen molar-refractivity contribution < 1.29 is 4.39 Å². The molecule has 1 heterocycles. The Bertz CT molecular complexity index is 564. The van der Waals surface area contributed by atoms with Gasteiger partial charge in [0, 0.05) is 30.1 Å². The summed E-state index contributed by atoms with van der Waals surface area (Å²) in [7, 11) is 0. The zero-order valence-electron chi connectivity index (χ0n) is 12.2. The number of hydrogen-bond acceptors (Lipinski definition) is 3. The molecule has 0 radical (unpaired) electrons. The molecule has 1 aromatic carbocycles. The lowest BCUT2D eigenvalue weighted by Crippen LogP contribution is -2.19. The van der Waals surface area contributed by atoms with E-state index in [9.17, 15) is 4.39 Å². The van der Waals surface area contributed by atoms with Crippen molar-refractivity contribution in [2.45, 2.75) is 27.3 Å². The van der Waals surface area contributed by atoms with Gasteiger partial charge in [0.05, 0.1) is 0 Å². The van der Waals surface area contributed by atoms with Crippen molar-refractivity contribution in [1.82, 2.24) is 15.3 Å². The monoisotopic (exact) mass is 273 g/mol. The molecule has 0 spiro atoms. The van der Waals surface area contributed by atoms with E-state index in [0.717, 1.165) is 24.2 Å². The Morgan fingerprint density at radius 1 is 1.20 bits per heavy atom. The second kappa shape index (κ2) is 6.57. The first-order valence-electron chi connectivity index (χ1n) is 6.84. The van der Waals surface area contributed by atoms with Gasteiger partial charge in [-0.05, 0) is 43.1 Å². The normalized spacial score (nSPS) is 11.1. The number of hydrogen-bond donors (Lipinski definition) is 1. The standard InChI is InChI=1S/C16H20FN3/c1-11(2)7-18-8-13-9-19-16(20-10-13)14-4-5-15(17)12(3)6-14/h4-6,9-11,18H,7-8H2,1-3H3. The summed E-state index contributed by atoms with van der Waals surface area (Å²) in [6, 6.07) is 4.92. The largest absolute Gasteiger partial charge is 0.312 e. The topological polar surface area (TPSA) is 37.8 Å². The molecule has 20 heavy (non-hydrogen) atoms. The van der Waals surface area contributed by atoms with Crippen molar-refractivity contribution in [1.29, 1.82) is 0 Å². The maximum Gasteiger partial charge on any atom is 0.159 e. The first-order chi connectivity index (χ1) is 9.56. The summed E-state index contributed by atoms with van der Waals surface area (Å²) in [5.41, 5.74) is 2.49. The van der Waals surface area contributed by atoms with Crippen molar-refractivity contribution >= 4 is 0 Å². The quantitative estimate of drug-likeness (QED) is 0.908. The molecule has 1 N–H and O–H groups in total. The predicted molar refractivity (Wildman–Crippen MR) is 78.7 cm³/mol. The third-order valence-corrected chi connectivity index (χ3v) is 3.00. The third kappa shape index (κ3) is 3.84. The highest BCUT2D eigenvalue weighted by atomic mass is 19.1. The van der Waals surface area contributed by atoms with Crippen LogP contribution in [0.4, 0.5) is 4.39 Å². The SMILES string of the molecule is Cc1cc(-c2ncc(CNCC(C)C)cn2)ccc1F. The number of nitrogens with one attached hydrogen (secondary N) is 1. The Labute approximate surface area is 119 Å². The lowest BCUT2D eigenvalue weighted by molar-refractivity contribution is 0.551. The van der Waals surface area contributed by atoms with E-state index in [1.165, 1.54) is 6.07 Å². The summed E-state index contributed by atoms with van der Waals surface area (Å²) in [6.07, 6.45) is 3.63. The van der Waals surface area contributed by atoms with Gasteiger partial charge in [0.1, 0.15) is 5.82 Å². The average molecular weight is 273 g/mol. The summed E-state index contributed by atoms with van der Waals surface area (Å²) < 4.78 is 13.2. The van der Waals surface area contributed by atoms with E-state index >= 15 is 0 Å². The highest BCUT2D eigenvalue weighted by Gasteiger charge is 2.04. The fourth-order valence-electron chi connectivity index (χ4n) is 1.88. The van der Waals surface area contributed by atoms with Gasteiger partial charge in [0.15, 0.2) is 5.82 Å². The van der Waals surface area contributed by atoms with Crippen LogP contribution in [-0.4, -0.2) is 16.5 Å². The van der Waals surface area contributed by atoms with Crippen LogP contribution in [-0.2, 0) is 6.54 Å². The molecule has 0 fully saturated rings. The maximum atomic E-state index is 13.2. The van der Waals surface area contributed by atoms with Crippen molar-refractivity contribution in [2.75, 3.05) is 6.54 Å². The van der Waals surface area contributed by atoms with Crippen LogP contribution in [0.5, 0.6) is 0 Å². The fourth-order valence-corrected chi connectivity index (χ4v) is 1.88. The van der Waals surface area contributed by atoms with E-state index in [1.807, 2.05) is 12.4 Å². The van der Waals surface area contributed by atoms with Gasteiger partial charge in [-0.15, -0.1) is 0 Å². The van der Waals surface area contributed by atoms with Crippen LogP contribution in [0.2, 0.25) is 0 Å². The summed E-state index contributed by atoms with van der Waals surface area (Å²) in [5, 5.41) is 3.35. The third-order valence-electron chi connectivity index (χ3n) is 3.00. The van der Waals surface area contributed by atoms with Crippen LogP contribution in [0.3, 0.4) is 0 Å². The molecule has 106 valence electrons. The number of halogens is 1. The lowest BCUT2D eigenvalue weighted by atomic mass is 10.1. The molecule has 4 heteroatoms. The molecule has 1 aromatic heterocycles. The minimum absolute atomic E-state index is 0.205. The molecule has 2 rings (SSSR count). The molecule has 0 bridgehead atoms. The predicted octanol–water partition coefficient (Wildman–Crippen LogP) is 3.34. The number of aromatic nitrogens is 2. The van der Waals surface area contributed by atoms with Crippen molar-refractivity contribution in [3.05, 3.63) is 47.5 Å². The Morgan fingerprint density at radius 3 is 2.50 bits per heavy atom. The number of rotatable bonds is 5. The van der Waals surface area contributed by atoms with Gasteiger partial charge in [-0.25, -0.2) is 14.4 Å². The van der Waals surface area contributed by atoms with Crippen molar-refractivity contribution in [3.63, 3.8) is 0 Å². The van der Waals surface area contributed by atoms with Gasteiger partial charge < -0.3 is 5.32 Å². The van der Waals surface area contributed by atoms with Crippen LogP contribution in [0, 0.1) is 18.7 Å². The molecule has 3 nitrogen and oxygen atoms in total. The van der Waals surface area contributed by atoms with Gasteiger partial charge in [0.25, 0.3) is 0 Å². The van der Waals surface area contributed by atoms with E-state index in [2.05, 4.69) is 29.1 Å². The van der Waals surface area contributed by atoms with Crippen LogP contribution < -0.4 is 5.32 Å². The Morgan fingerprint density at radius 2 is 1.90 bits per heavy atom. The Balaban J connectivity index is 2.05. The molecule has 0 aliphatic rings. The van der Waals surface area contributed by atoms with Gasteiger partial charge in [-0.1, -0.05) is 13.8 Å². The van der Waals surface area contributed by atoms with E-state index in [-0.39, 0.29) is 5.82 Å². The number of aryl methyl sites for hydroxylation is 1. The molecule has 0 aliphatic heterocycles. The summed E-state index contributed by atoms with van der Waals surface area (Å²) in [4.78, 5) is 8.69. The molecular weight excluding hydrogens is 253 g/mol. The zero-order chi connectivity index (χ0) is 14.5. The molecular formula is C16H20FN3. The van der Waals surface area contributed by atoms with Crippen LogP contribution in [0.25, 0.3) is 11.4 Å². The highest BCUT2D eigenvalue weighted by Crippen LogP contribution is 2.18. The van der Waals surface area contributed by atoms with E-state index in [1.54, 1.807) is 19.1 Å². The first kappa shape index (κ1) is 14.6. The second-order valence-electron chi connectivity index (χ2n) is 5.40. The van der Waals surface area contributed by atoms with Crippen LogP contribution in [0.1, 0.15) is 25.0 Å². The molecule has 0 saturated heterocycles. The van der Waals surface area contributed by atoms with Crippen LogP contribution >= 0.6 is 0 Å². The van der Waals surface area contributed by atoms with E-state index in [4.69, 9.17) is 0 Å².